The lowest BCUT2D eigenvalue weighted by Gasteiger charge is -2.21. The number of hydrogen-bond donors (Lipinski definition) is 1. The fourth-order valence-electron chi connectivity index (χ4n) is 3.04. The fourth-order valence-corrected chi connectivity index (χ4v) is 3.23. The van der Waals surface area contributed by atoms with Gasteiger partial charge in [-0.2, -0.15) is 0 Å². The molecule has 0 atom stereocenters. The molecule has 2 aromatic carbocycles. The molecule has 0 spiro atoms. The number of amides is 1. The van der Waals surface area contributed by atoms with E-state index in [-0.39, 0.29) is 5.91 Å². The first-order chi connectivity index (χ1) is 13.3. The van der Waals surface area contributed by atoms with E-state index < -0.39 is 5.41 Å². The van der Waals surface area contributed by atoms with E-state index in [1.165, 1.54) is 0 Å². The molecule has 0 unspecified atom stereocenters. The second-order valence-electron chi connectivity index (χ2n) is 7.37. The summed E-state index contributed by atoms with van der Waals surface area (Å²) in [5.41, 5.74) is 9.75. The average Bonchev–Trinajstić information content (AvgIpc) is 2.68. The Labute approximate surface area is 170 Å². The minimum atomic E-state index is -0.700. The predicted molar refractivity (Wildman–Crippen MR) is 113 cm³/mol. The number of hydrogen-bond acceptors (Lipinski definition) is 3. The molecule has 0 bridgehead atoms. The van der Waals surface area contributed by atoms with Crippen molar-refractivity contribution in [3.63, 3.8) is 0 Å². The Balaban J connectivity index is 1.96. The topological polar surface area (TPSA) is 68.9 Å². The minimum Gasteiger partial charge on any atom is -0.369 e. The van der Waals surface area contributed by atoms with Gasteiger partial charge < -0.3 is 5.73 Å². The van der Waals surface area contributed by atoms with Gasteiger partial charge in [0.1, 0.15) is 5.82 Å². The molecule has 0 aliphatic rings. The first-order valence-corrected chi connectivity index (χ1v) is 9.69. The van der Waals surface area contributed by atoms with Crippen LogP contribution in [0, 0.1) is 0 Å². The zero-order valence-electron chi connectivity index (χ0n) is 16.4. The monoisotopic (exact) mass is 393 g/mol. The standard InChI is InChI=1S/C23H24ClN3O/c1-4-21-26-14-19(16-6-5-7-18(24)13-16)20(27-21)12-15-8-10-17(11-9-15)23(2,3)22(25)28/h5-11,13-14H,4,12H2,1-3H3,(H2,25,28). The minimum absolute atomic E-state index is 0.341. The molecule has 1 heterocycles. The molecule has 1 aromatic heterocycles. The summed E-state index contributed by atoms with van der Waals surface area (Å²) in [6, 6.07) is 15.7. The Morgan fingerprint density at radius 2 is 1.86 bits per heavy atom. The van der Waals surface area contributed by atoms with Crippen molar-refractivity contribution in [1.82, 2.24) is 9.97 Å². The zero-order chi connectivity index (χ0) is 20.3. The molecule has 4 nitrogen and oxygen atoms in total. The van der Waals surface area contributed by atoms with Gasteiger partial charge in [0, 0.05) is 29.6 Å². The normalized spacial score (nSPS) is 11.4. The van der Waals surface area contributed by atoms with E-state index >= 15 is 0 Å². The van der Waals surface area contributed by atoms with E-state index in [9.17, 15) is 4.79 Å². The molecule has 5 heteroatoms. The van der Waals surface area contributed by atoms with Gasteiger partial charge in [0.2, 0.25) is 5.91 Å². The summed E-state index contributed by atoms with van der Waals surface area (Å²) in [7, 11) is 0. The Morgan fingerprint density at radius 3 is 2.46 bits per heavy atom. The van der Waals surface area contributed by atoms with Crippen molar-refractivity contribution in [2.24, 2.45) is 5.73 Å². The van der Waals surface area contributed by atoms with Gasteiger partial charge in [0.05, 0.1) is 11.1 Å². The molecule has 3 aromatic rings. The molecule has 2 N–H and O–H groups in total. The molecule has 0 aliphatic heterocycles. The van der Waals surface area contributed by atoms with Crippen molar-refractivity contribution >= 4 is 17.5 Å². The molecule has 0 saturated heterocycles. The summed E-state index contributed by atoms with van der Waals surface area (Å²) >= 11 is 6.17. The summed E-state index contributed by atoms with van der Waals surface area (Å²) in [4.78, 5) is 20.9. The number of primary amides is 1. The maximum absolute atomic E-state index is 11.7. The van der Waals surface area contributed by atoms with Gasteiger partial charge in [-0.3, -0.25) is 4.79 Å². The number of halogens is 1. The van der Waals surface area contributed by atoms with Gasteiger partial charge in [0.25, 0.3) is 0 Å². The van der Waals surface area contributed by atoms with Gasteiger partial charge in [-0.25, -0.2) is 9.97 Å². The van der Waals surface area contributed by atoms with Gasteiger partial charge in [-0.1, -0.05) is 54.9 Å². The lowest BCUT2D eigenvalue weighted by molar-refractivity contribution is -0.122. The highest BCUT2D eigenvalue weighted by molar-refractivity contribution is 6.30. The highest BCUT2D eigenvalue weighted by Gasteiger charge is 2.27. The number of benzene rings is 2. The van der Waals surface area contributed by atoms with Crippen LogP contribution in [-0.4, -0.2) is 15.9 Å². The summed E-state index contributed by atoms with van der Waals surface area (Å²) < 4.78 is 0. The molecule has 28 heavy (non-hydrogen) atoms. The fraction of sp³-hybridized carbons (Fsp3) is 0.261. The first-order valence-electron chi connectivity index (χ1n) is 9.31. The summed E-state index contributed by atoms with van der Waals surface area (Å²) in [5, 5.41) is 0.682. The highest BCUT2D eigenvalue weighted by Crippen LogP contribution is 2.28. The number of aryl methyl sites for hydroxylation is 1. The summed E-state index contributed by atoms with van der Waals surface area (Å²) in [5.74, 6) is 0.471. The van der Waals surface area contributed by atoms with Crippen LogP contribution in [0.25, 0.3) is 11.1 Å². The number of aromatic nitrogens is 2. The van der Waals surface area contributed by atoms with E-state index in [0.29, 0.717) is 11.4 Å². The smallest absolute Gasteiger partial charge is 0.227 e. The maximum Gasteiger partial charge on any atom is 0.227 e. The molecule has 0 radical (unpaired) electrons. The van der Waals surface area contributed by atoms with Gasteiger partial charge in [0.15, 0.2) is 0 Å². The van der Waals surface area contributed by atoms with E-state index in [4.69, 9.17) is 22.3 Å². The number of nitrogens with two attached hydrogens (primary N) is 1. The molecule has 1 amide bonds. The van der Waals surface area contributed by atoms with Gasteiger partial charge >= 0.3 is 0 Å². The van der Waals surface area contributed by atoms with Crippen LogP contribution >= 0.6 is 11.6 Å². The van der Waals surface area contributed by atoms with Crippen molar-refractivity contribution in [3.8, 4) is 11.1 Å². The first kappa shape index (κ1) is 20.0. The van der Waals surface area contributed by atoms with Crippen LogP contribution in [0.5, 0.6) is 0 Å². The number of carbonyl (C=O) groups excluding carboxylic acids is 1. The van der Waals surface area contributed by atoms with Crippen LogP contribution in [0.3, 0.4) is 0 Å². The van der Waals surface area contributed by atoms with Crippen molar-refractivity contribution in [1.29, 1.82) is 0 Å². The van der Waals surface area contributed by atoms with E-state index in [2.05, 4.69) is 4.98 Å². The largest absolute Gasteiger partial charge is 0.369 e. The Kier molecular flexibility index (Phi) is 5.80. The van der Waals surface area contributed by atoms with Crippen molar-refractivity contribution < 1.29 is 4.79 Å². The molecule has 0 aliphatic carbocycles. The van der Waals surface area contributed by atoms with Crippen LogP contribution in [0.15, 0.2) is 54.7 Å². The van der Waals surface area contributed by atoms with Gasteiger partial charge in [-0.15, -0.1) is 0 Å². The third kappa shape index (κ3) is 4.23. The highest BCUT2D eigenvalue weighted by atomic mass is 35.5. The third-order valence-electron chi connectivity index (χ3n) is 5.03. The maximum atomic E-state index is 11.7. The van der Waals surface area contributed by atoms with Crippen LogP contribution in [-0.2, 0) is 23.1 Å². The molecule has 0 fully saturated rings. The van der Waals surface area contributed by atoms with E-state index in [1.807, 2.05) is 75.5 Å². The van der Waals surface area contributed by atoms with Crippen molar-refractivity contribution in [2.45, 2.75) is 39.0 Å². The molecular formula is C23H24ClN3O. The van der Waals surface area contributed by atoms with E-state index in [1.54, 1.807) is 0 Å². The zero-order valence-corrected chi connectivity index (χ0v) is 17.1. The second-order valence-corrected chi connectivity index (χ2v) is 7.81. The third-order valence-corrected chi connectivity index (χ3v) is 5.27. The predicted octanol–water partition coefficient (Wildman–Crippen LogP) is 4.71. The van der Waals surface area contributed by atoms with Gasteiger partial charge in [-0.05, 0) is 42.7 Å². The van der Waals surface area contributed by atoms with E-state index in [0.717, 1.165) is 40.2 Å². The number of nitrogens with zero attached hydrogens (tertiary/aromatic N) is 2. The average molecular weight is 394 g/mol. The lowest BCUT2D eigenvalue weighted by atomic mass is 9.83. The summed E-state index contributed by atoms with van der Waals surface area (Å²) in [6.07, 6.45) is 3.31. The quantitative estimate of drug-likeness (QED) is 0.659. The molecule has 144 valence electrons. The Hall–Kier alpha value is -2.72. The number of carbonyl (C=O) groups is 1. The SMILES string of the molecule is CCc1ncc(-c2cccc(Cl)c2)c(Cc2ccc(C(C)(C)C(N)=O)cc2)n1. The Morgan fingerprint density at radius 1 is 1.14 bits per heavy atom. The van der Waals surface area contributed by atoms with Crippen molar-refractivity contribution in [2.75, 3.05) is 0 Å². The van der Waals surface area contributed by atoms with Crippen LogP contribution in [0.4, 0.5) is 0 Å². The summed E-state index contributed by atoms with van der Waals surface area (Å²) in [6.45, 7) is 5.71. The molecule has 0 saturated carbocycles. The molecular weight excluding hydrogens is 370 g/mol. The van der Waals surface area contributed by atoms with Crippen LogP contribution in [0.1, 0.15) is 43.4 Å². The lowest BCUT2D eigenvalue weighted by Crippen LogP contribution is -2.35. The van der Waals surface area contributed by atoms with Crippen molar-refractivity contribution in [3.05, 3.63) is 82.4 Å². The number of rotatable bonds is 6. The molecule has 3 rings (SSSR count). The second kappa shape index (κ2) is 8.11. The van der Waals surface area contributed by atoms with Crippen LogP contribution in [0.2, 0.25) is 5.02 Å². The van der Waals surface area contributed by atoms with Crippen LogP contribution < -0.4 is 5.73 Å². The Bertz CT molecular complexity index is 997.